The normalized spacial score (nSPS) is 11.4. The van der Waals surface area contributed by atoms with E-state index in [1.807, 2.05) is 30.3 Å². The summed E-state index contributed by atoms with van der Waals surface area (Å²) in [6.07, 6.45) is 2.15. The summed E-state index contributed by atoms with van der Waals surface area (Å²) in [4.78, 5) is 0. The van der Waals surface area contributed by atoms with Crippen molar-refractivity contribution < 1.29 is 4.74 Å². The molecular formula is C13H19ClO. The maximum absolute atomic E-state index is 5.85. The predicted octanol–water partition coefficient (Wildman–Crippen LogP) is 4.11. The molecule has 0 saturated carbocycles. The van der Waals surface area contributed by atoms with Crippen molar-refractivity contribution in [1.29, 1.82) is 0 Å². The highest BCUT2D eigenvalue weighted by molar-refractivity contribution is 6.18. The summed E-state index contributed by atoms with van der Waals surface area (Å²) in [6, 6.07) is 9.92. The van der Waals surface area contributed by atoms with Crippen molar-refractivity contribution >= 4 is 11.6 Å². The summed E-state index contributed by atoms with van der Waals surface area (Å²) in [5, 5.41) is 0. The second-order valence-electron chi connectivity index (χ2n) is 4.56. The Bertz CT molecular complexity index is 269. The smallest absolute Gasteiger partial charge is 0.119 e. The first-order valence-electron chi connectivity index (χ1n) is 5.38. The lowest BCUT2D eigenvalue weighted by molar-refractivity contribution is 0.271. The van der Waals surface area contributed by atoms with Crippen LogP contribution in [-0.4, -0.2) is 12.5 Å². The van der Waals surface area contributed by atoms with Gasteiger partial charge in [-0.3, -0.25) is 0 Å². The van der Waals surface area contributed by atoms with Crippen LogP contribution >= 0.6 is 11.6 Å². The SMILES string of the molecule is CC(C)(CCl)CCCOc1ccccc1. The van der Waals surface area contributed by atoms with Gasteiger partial charge in [0, 0.05) is 5.88 Å². The first-order valence-corrected chi connectivity index (χ1v) is 5.91. The molecule has 0 aliphatic carbocycles. The fourth-order valence-corrected chi connectivity index (χ4v) is 1.46. The summed E-state index contributed by atoms with van der Waals surface area (Å²) in [7, 11) is 0. The Kier molecular flexibility index (Phi) is 4.97. The Hall–Kier alpha value is -0.690. The number of hydrogen-bond donors (Lipinski definition) is 0. The summed E-state index contributed by atoms with van der Waals surface area (Å²) in [5.74, 6) is 1.65. The second-order valence-corrected chi connectivity index (χ2v) is 4.83. The van der Waals surface area contributed by atoms with Crippen molar-refractivity contribution in [2.45, 2.75) is 26.7 Å². The van der Waals surface area contributed by atoms with E-state index in [2.05, 4.69) is 13.8 Å². The molecule has 1 aromatic rings. The third kappa shape index (κ3) is 5.08. The van der Waals surface area contributed by atoms with Crippen LogP contribution in [0.15, 0.2) is 30.3 Å². The maximum atomic E-state index is 5.85. The van der Waals surface area contributed by atoms with Gasteiger partial charge in [0.2, 0.25) is 0 Å². The summed E-state index contributed by atoms with van der Waals surface area (Å²) in [5.41, 5.74) is 0.224. The number of para-hydroxylation sites is 1. The van der Waals surface area contributed by atoms with Gasteiger partial charge in [0.15, 0.2) is 0 Å². The van der Waals surface area contributed by atoms with Crippen LogP contribution in [0, 0.1) is 5.41 Å². The molecule has 0 aliphatic rings. The lowest BCUT2D eigenvalue weighted by Crippen LogP contribution is -2.14. The zero-order chi connectivity index (χ0) is 11.1. The Balaban J connectivity index is 2.18. The van der Waals surface area contributed by atoms with Gasteiger partial charge in [0.25, 0.3) is 0 Å². The Morgan fingerprint density at radius 3 is 2.47 bits per heavy atom. The molecule has 0 atom stereocenters. The highest BCUT2D eigenvalue weighted by Gasteiger charge is 2.15. The van der Waals surface area contributed by atoms with Gasteiger partial charge in [0.1, 0.15) is 5.75 Å². The number of halogens is 1. The summed E-state index contributed by atoms with van der Waals surface area (Å²) < 4.78 is 5.60. The fourth-order valence-electron chi connectivity index (χ4n) is 1.32. The molecule has 0 fully saturated rings. The van der Waals surface area contributed by atoms with Crippen LogP contribution in [-0.2, 0) is 0 Å². The number of rotatable bonds is 6. The van der Waals surface area contributed by atoms with Crippen LogP contribution < -0.4 is 4.74 Å². The van der Waals surface area contributed by atoms with Gasteiger partial charge in [-0.15, -0.1) is 11.6 Å². The largest absolute Gasteiger partial charge is 0.494 e. The zero-order valence-electron chi connectivity index (χ0n) is 9.50. The topological polar surface area (TPSA) is 9.23 Å². The van der Waals surface area contributed by atoms with Crippen molar-refractivity contribution in [3.63, 3.8) is 0 Å². The van der Waals surface area contributed by atoms with Gasteiger partial charge >= 0.3 is 0 Å². The first kappa shape index (κ1) is 12.4. The molecule has 1 aromatic carbocycles. The molecule has 0 amide bonds. The van der Waals surface area contributed by atoms with Crippen LogP contribution in [0.5, 0.6) is 5.75 Å². The van der Waals surface area contributed by atoms with E-state index in [1.165, 1.54) is 0 Å². The van der Waals surface area contributed by atoms with Gasteiger partial charge in [-0.25, -0.2) is 0 Å². The molecule has 0 N–H and O–H groups in total. The maximum Gasteiger partial charge on any atom is 0.119 e. The predicted molar refractivity (Wildman–Crippen MR) is 65.7 cm³/mol. The third-order valence-electron chi connectivity index (χ3n) is 2.37. The monoisotopic (exact) mass is 226 g/mol. The van der Waals surface area contributed by atoms with Crippen molar-refractivity contribution in [2.75, 3.05) is 12.5 Å². The number of alkyl halides is 1. The minimum absolute atomic E-state index is 0.224. The number of benzene rings is 1. The molecule has 1 nitrogen and oxygen atoms in total. The van der Waals surface area contributed by atoms with E-state index in [4.69, 9.17) is 16.3 Å². The molecule has 0 unspecified atom stereocenters. The molecule has 0 heterocycles. The Morgan fingerprint density at radius 2 is 1.87 bits per heavy atom. The van der Waals surface area contributed by atoms with Gasteiger partial charge in [-0.1, -0.05) is 32.0 Å². The van der Waals surface area contributed by atoms with E-state index < -0.39 is 0 Å². The zero-order valence-corrected chi connectivity index (χ0v) is 10.3. The molecular weight excluding hydrogens is 208 g/mol. The number of hydrogen-bond acceptors (Lipinski definition) is 1. The average Bonchev–Trinajstić information content (AvgIpc) is 2.26. The van der Waals surface area contributed by atoms with E-state index >= 15 is 0 Å². The lowest BCUT2D eigenvalue weighted by atomic mass is 9.90. The molecule has 2 heteroatoms. The summed E-state index contributed by atoms with van der Waals surface area (Å²) >= 11 is 5.85. The van der Waals surface area contributed by atoms with E-state index in [0.717, 1.165) is 25.2 Å². The second kappa shape index (κ2) is 6.02. The molecule has 0 saturated heterocycles. The van der Waals surface area contributed by atoms with E-state index in [0.29, 0.717) is 5.88 Å². The number of ether oxygens (including phenoxy) is 1. The molecule has 0 aromatic heterocycles. The minimum atomic E-state index is 0.224. The third-order valence-corrected chi connectivity index (χ3v) is 3.10. The van der Waals surface area contributed by atoms with Gasteiger partial charge in [-0.05, 0) is 30.4 Å². The quantitative estimate of drug-likeness (QED) is 0.524. The molecule has 0 spiro atoms. The Morgan fingerprint density at radius 1 is 1.20 bits per heavy atom. The van der Waals surface area contributed by atoms with Gasteiger partial charge < -0.3 is 4.74 Å². The van der Waals surface area contributed by atoms with Crippen molar-refractivity contribution in [1.82, 2.24) is 0 Å². The van der Waals surface area contributed by atoms with Gasteiger partial charge in [0.05, 0.1) is 6.61 Å². The van der Waals surface area contributed by atoms with E-state index in [1.54, 1.807) is 0 Å². The van der Waals surface area contributed by atoms with Crippen LogP contribution in [0.25, 0.3) is 0 Å². The fraction of sp³-hybridized carbons (Fsp3) is 0.538. The van der Waals surface area contributed by atoms with Crippen molar-refractivity contribution in [3.8, 4) is 5.75 Å². The van der Waals surface area contributed by atoms with Crippen LogP contribution in [0.1, 0.15) is 26.7 Å². The Labute approximate surface area is 97.4 Å². The average molecular weight is 227 g/mol. The molecule has 1 rings (SSSR count). The first-order chi connectivity index (χ1) is 7.14. The van der Waals surface area contributed by atoms with Gasteiger partial charge in [-0.2, -0.15) is 0 Å². The molecule has 0 bridgehead atoms. The molecule has 84 valence electrons. The van der Waals surface area contributed by atoms with Crippen LogP contribution in [0.3, 0.4) is 0 Å². The highest BCUT2D eigenvalue weighted by atomic mass is 35.5. The van der Waals surface area contributed by atoms with E-state index in [9.17, 15) is 0 Å². The lowest BCUT2D eigenvalue weighted by Gasteiger charge is -2.20. The van der Waals surface area contributed by atoms with Crippen LogP contribution in [0.4, 0.5) is 0 Å². The molecule has 0 radical (unpaired) electrons. The summed E-state index contributed by atoms with van der Waals surface area (Å²) in [6.45, 7) is 5.13. The molecule has 0 aliphatic heterocycles. The van der Waals surface area contributed by atoms with E-state index in [-0.39, 0.29) is 5.41 Å². The van der Waals surface area contributed by atoms with Crippen molar-refractivity contribution in [2.24, 2.45) is 5.41 Å². The van der Waals surface area contributed by atoms with Crippen LogP contribution in [0.2, 0.25) is 0 Å². The highest BCUT2D eigenvalue weighted by Crippen LogP contribution is 2.23. The standard InChI is InChI=1S/C13H19ClO/c1-13(2,11-14)9-6-10-15-12-7-4-3-5-8-12/h3-5,7-8H,6,9-11H2,1-2H3. The van der Waals surface area contributed by atoms with Crippen molar-refractivity contribution in [3.05, 3.63) is 30.3 Å². The molecule has 15 heavy (non-hydrogen) atoms. The minimum Gasteiger partial charge on any atom is -0.494 e.